The molecular formula is C7H13IO3. The molecule has 0 aliphatic rings. The van der Waals surface area contributed by atoms with Crippen molar-refractivity contribution in [1.82, 2.24) is 0 Å². The second-order valence-corrected chi connectivity index (χ2v) is 2.95. The van der Waals surface area contributed by atoms with E-state index in [-0.39, 0.29) is 0 Å². The molecule has 0 aliphatic carbocycles. The van der Waals surface area contributed by atoms with Gasteiger partial charge in [-0.15, -0.1) is 0 Å². The van der Waals surface area contributed by atoms with Gasteiger partial charge < -0.3 is 9.47 Å². The van der Waals surface area contributed by atoms with Gasteiger partial charge in [-0.2, -0.15) is 0 Å². The van der Waals surface area contributed by atoms with E-state index < -0.39 is 6.16 Å². The molecule has 0 aromatic heterocycles. The fourth-order valence-electron chi connectivity index (χ4n) is 0.414. The van der Waals surface area contributed by atoms with E-state index in [4.69, 9.17) is 4.74 Å². The number of halogens is 1. The van der Waals surface area contributed by atoms with E-state index in [1.54, 1.807) is 0 Å². The highest BCUT2D eigenvalue weighted by molar-refractivity contribution is 14.1. The minimum Gasteiger partial charge on any atom is -0.434 e. The van der Waals surface area contributed by atoms with E-state index >= 15 is 0 Å². The Kier molecular flexibility index (Phi) is 6.69. The van der Waals surface area contributed by atoms with Gasteiger partial charge in [0.2, 0.25) is 0 Å². The maximum absolute atomic E-state index is 10.6. The Morgan fingerprint density at radius 2 is 2.18 bits per heavy atom. The molecule has 0 radical (unpaired) electrons. The molecule has 0 bridgehead atoms. The highest BCUT2D eigenvalue weighted by Crippen LogP contribution is 2.01. The second kappa shape index (κ2) is 6.69. The number of alkyl halides is 1. The van der Waals surface area contributed by atoms with E-state index in [1.165, 1.54) is 0 Å². The van der Waals surface area contributed by atoms with Crippen LogP contribution in [0.2, 0.25) is 0 Å². The van der Waals surface area contributed by atoms with Gasteiger partial charge in [-0.25, -0.2) is 4.79 Å². The van der Waals surface area contributed by atoms with Crippen LogP contribution in [0.25, 0.3) is 0 Å². The zero-order valence-electron chi connectivity index (χ0n) is 6.80. The van der Waals surface area contributed by atoms with Gasteiger partial charge in [0.15, 0.2) is 0 Å². The van der Waals surface area contributed by atoms with E-state index in [0.717, 1.165) is 6.42 Å². The fourth-order valence-corrected chi connectivity index (χ4v) is 0.669. The number of rotatable bonds is 4. The third-order valence-corrected chi connectivity index (χ3v) is 1.67. The molecule has 0 N–H and O–H groups in total. The fraction of sp³-hybridized carbons (Fsp3) is 0.857. The molecule has 11 heavy (non-hydrogen) atoms. The number of ether oxygens (including phenoxy) is 2. The van der Waals surface area contributed by atoms with Crippen molar-refractivity contribution in [3.05, 3.63) is 0 Å². The lowest BCUT2D eigenvalue weighted by atomic mass is 10.1. The van der Waals surface area contributed by atoms with Crippen molar-refractivity contribution in [3.8, 4) is 0 Å². The SMILES string of the molecule is CCC(C)COC(=O)OCI. The summed E-state index contributed by atoms with van der Waals surface area (Å²) in [5, 5.41) is 0. The van der Waals surface area contributed by atoms with E-state index in [2.05, 4.69) is 11.7 Å². The van der Waals surface area contributed by atoms with Crippen LogP contribution in [0, 0.1) is 5.92 Å². The third-order valence-electron chi connectivity index (χ3n) is 1.36. The van der Waals surface area contributed by atoms with Gasteiger partial charge in [0.25, 0.3) is 0 Å². The first-order valence-electron chi connectivity index (χ1n) is 3.56. The Labute approximate surface area is 80.6 Å². The minimum atomic E-state index is -0.570. The summed E-state index contributed by atoms with van der Waals surface area (Å²) in [6.45, 7) is 4.53. The number of carbonyl (C=O) groups excluding carboxylic acids is 1. The van der Waals surface area contributed by atoms with Crippen LogP contribution >= 0.6 is 22.6 Å². The van der Waals surface area contributed by atoms with Crippen molar-refractivity contribution in [2.45, 2.75) is 20.3 Å². The molecule has 0 aromatic carbocycles. The van der Waals surface area contributed by atoms with Crippen LogP contribution in [0.3, 0.4) is 0 Å². The monoisotopic (exact) mass is 272 g/mol. The summed E-state index contributed by atoms with van der Waals surface area (Å²) >= 11 is 1.95. The van der Waals surface area contributed by atoms with Crippen molar-refractivity contribution in [2.75, 3.05) is 11.2 Å². The molecule has 0 fully saturated rings. The third kappa shape index (κ3) is 6.40. The first-order chi connectivity index (χ1) is 5.20. The van der Waals surface area contributed by atoms with Crippen LogP contribution in [-0.2, 0) is 9.47 Å². The van der Waals surface area contributed by atoms with E-state index in [1.807, 2.05) is 29.5 Å². The highest BCUT2D eigenvalue weighted by atomic mass is 127. The molecule has 0 aliphatic heterocycles. The van der Waals surface area contributed by atoms with Gasteiger partial charge >= 0.3 is 6.16 Å². The quantitative estimate of drug-likeness (QED) is 0.448. The molecule has 0 aromatic rings. The molecule has 0 heterocycles. The Morgan fingerprint density at radius 1 is 1.55 bits per heavy atom. The van der Waals surface area contributed by atoms with E-state index in [9.17, 15) is 4.79 Å². The molecule has 0 saturated carbocycles. The van der Waals surface area contributed by atoms with Gasteiger partial charge in [-0.3, -0.25) is 0 Å². The molecule has 1 unspecified atom stereocenters. The summed E-state index contributed by atoms with van der Waals surface area (Å²) in [4.78, 5) is 10.6. The predicted molar refractivity (Wildman–Crippen MR) is 50.8 cm³/mol. The van der Waals surface area contributed by atoms with Crippen LogP contribution in [0.4, 0.5) is 4.79 Å². The predicted octanol–water partition coefficient (Wildman–Crippen LogP) is 2.58. The van der Waals surface area contributed by atoms with Gasteiger partial charge in [-0.1, -0.05) is 20.3 Å². The molecule has 0 rings (SSSR count). The molecule has 0 spiro atoms. The Balaban J connectivity index is 3.30. The maximum atomic E-state index is 10.6. The average Bonchev–Trinajstić information content (AvgIpc) is 2.01. The minimum absolute atomic E-state index is 0.344. The zero-order valence-corrected chi connectivity index (χ0v) is 8.96. The van der Waals surface area contributed by atoms with Crippen LogP contribution in [0.1, 0.15) is 20.3 Å². The molecule has 0 saturated heterocycles. The summed E-state index contributed by atoms with van der Waals surface area (Å²) < 4.78 is 9.68. The number of hydrogen-bond donors (Lipinski definition) is 0. The van der Waals surface area contributed by atoms with Gasteiger partial charge in [-0.05, 0) is 28.5 Å². The maximum Gasteiger partial charge on any atom is 0.509 e. The first kappa shape index (κ1) is 11.0. The van der Waals surface area contributed by atoms with Crippen molar-refractivity contribution < 1.29 is 14.3 Å². The lowest BCUT2D eigenvalue weighted by molar-refractivity contribution is 0.0598. The number of carbonyl (C=O) groups is 1. The molecule has 4 heteroatoms. The summed E-state index contributed by atoms with van der Waals surface area (Å²) in [6.07, 6.45) is 0.442. The second-order valence-electron chi connectivity index (χ2n) is 2.33. The Morgan fingerprint density at radius 3 is 2.64 bits per heavy atom. The topological polar surface area (TPSA) is 35.5 Å². The normalized spacial score (nSPS) is 12.3. The van der Waals surface area contributed by atoms with Crippen molar-refractivity contribution in [2.24, 2.45) is 5.92 Å². The zero-order chi connectivity index (χ0) is 8.69. The Hall–Kier alpha value is 0. The Bertz CT molecular complexity index is 116. The van der Waals surface area contributed by atoms with Gasteiger partial charge in [0.1, 0.15) is 4.61 Å². The van der Waals surface area contributed by atoms with Gasteiger partial charge in [0, 0.05) is 0 Å². The summed E-state index contributed by atoms with van der Waals surface area (Å²) in [5.74, 6) is 0.414. The van der Waals surface area contributed by atoms with Crippen LogP contribution < -0.4 is 0 Å². The summed E-state index contributed by atoms with van der Waals surface area (Å²) in [5.41, 5.74) is 0. The lowest BCUT2D eigenvalue weighted by Crippen LogP contribution is -2.11. The first-order valence-corrected chi connectivity index (χ1v) is 5.08. The molecule has 3 nitrogen and oxygen atoms in total. The average molecular weight is 272 g/mol. The smallest absolute Gasteiger partial charge is 0.434 e. The van der Waals surface area contributed by atoms with Crippen LogP contribution in [0.5, 0.6) is 0 Å². The van der Waals surface area contributed by atoms with Crippen molar-refractivity contribution in [3.63, 3.8) is 0 Å². The lowest BCUT2D eigenvalue weighted by Gasteiger charge is -2.08. The standard InChI is InChI=1S/C7H13IO3/c1-3-6(2)4-10-7(9)11-5-8/h6H,3-5H2,1-2H3. The number of hydrogen-bond acceptors (Lipinski definition) is 3. The molecule has 66 valence electrons. The van der Waals surface area contributed by atoms with Crippen LogP contribution in [0.15, 0.2) is 0 Å². The largest absolute Gasteiger partial charge is 0.509 e. The molecule has 1 atom stereocenters. The van der Waals surface area contributed by atoms with Crippen molar-refractivity contribution >= 4 is 28.7 Å². The molecule has 0 amide bonds. The van der Waals surface area contributed by atoms with E-state index in [0.29, 0.717) is 17.1 Å². The summed E-state index contributed by atoms with van der Waals surface area (Å²) in [7, 11) is 0. The van der Waals surface area contributed by atoms with Crippen LogP contribution in [-0.4, -0.2) is 17.4 Å². The van der Waals surface area contributed by atoms with Crippen molar-refractivity contribution in [1.29, 1.82) is 0 Å². The highest BCUT2D eigenvalue weighted by Gasteiger charge is 2.05. The summed E-state index contributed by atoms with van der Waals surface area (Å²) in [6, 6.07) is 0. The van der Waals surface area contributed by atoms with Gasteiger partial charge in [0.05, 0.1) is 6.61 Å². The molecular weight excluding hydrogens is 259 g/mol.